The second-order valence-electron chi connectivity index (χ2n) is 5.49. The molecule has 1 atom stereocenters. The van der Waals surface area contributed by atoms with Gasteiger partial charge < -0.3 is 9.64 Å². The molecule has 0 radical (unpaired) electrons. The number of Topliss-reactive ketones (excluding diaryl/α,β-unsaturated/α-hetero) is 1. The number of fused-ring (bicyclic) bond motifs is 1. The van der Waals surface area contributed by atoms with Crippen molar-refractivity contribution in [2.45, 2.75) is 13.0 Å². The first-order chi connectivity index (χ1) is 10.7. The van der Waals surface area contributed by atoms with Crippen LogP contribution in [0.15, 0.2) is 48.5 Å². The summed E-state index contributed by atoms with van der Waals surface area (Å²) in [5.74, 6) is 0.871. The first-order valence-electron chi connectivity index (χ1n) is 7.39. The van der Waals surface area contributed by atoms with Crippen LogP contribution in [0.25, 0.3) is 12.3 Å². The molecule has 0 saturated heterocycles. The molecule has 2 aromatic carbocycles. The Morgan fingerprint density at radius 3 is 2.45 bits per heavy atom. The van der Waals surface area contributed by atoms with Gasteiger partial charge in [0.1, 0.15) is 5.75 Å². The molecule has 22 heavy (non-hydrogen) atoms. The summed E-state index contributed by atoms with van der Waals surface area (Å²) in [7, 11) is 1.62. The zero-order valence-corrected chi connectivity index (χ0v) is 12.8. The summed E-state index contributed by atoms with van der Waals surface area (Å²) in [6, 6.07) is 15.7. The van der Waals surface area contributed by atoms with Crippen LogP contribution in [0.1, 0.15) is 17.3 Å². The highest BCUT2D eigenvalue weighted by atomic mass is 16.5. The molecule has 0 saturated carbocycles. The van der Waals surface area contributed by atoms with Crippen LogP contribution in [0.4, 0.5) is 0 Å². The van der Waals surface area contributed by atoms with Gasteiger partial charge in [-0.15, -0.1) is 0 Å². The van der Waals surface area contributed by atoms with Crippen LogP contribution in [0.2, 0.25) is 0 Å². The van der Waals surface area contributed by atoms with Crippen molar-refractivity contribution in [3.05, 3.63) is 64.5 Å². The Kier molecular flexibility index (Phi) is 3.96. The third-order valence-corrected chi connectivity index (χ3v) is 3.98. The molecule has 1 heterocycles. The quantitative estimate of drug-likeness (QED) is 0.805. The number of hydrogen-bond donors (Lipinski definition) is 0. The SMILES string of the molecule is COc1ccc(C(=O)CN2C=c3ccccc3=CC2C)cc1. The largest absolute Gasteiger partial charge is 0.497 e. The van der Waals surface area contributed by atoms with E-state index in [0.29, 0.717) is 12.1 Å². The van der Waals surface area contributed by atoms with Gasteiger partial charge in [-0.25, -0.2) is 0 Å². The number of ketones is 1. The second kappa shape index (κ2) is 6.06. The van der Waals surface area contributed by atoms with E-state index in [4.69, 9.17) is 4.74 Å². The van der Waals surface area contributed by atoms with Gasteiger partial charge in [0.2, 0.25) is 0 Å². The molecular weight excluding hydrogens is 274 g/mol. The summed E-state index contributed by atoms with van der Waals surface area (Å²) in [6.45, 7) is 2.48. The van der Waals surface area contributed by atoms with E-state index in [-0.39, 0.29) is 11.8 Å². The van der Waals surface area contributed by atoms with E-state index in [1.54, 1.807) is 7.11 Å². The fourth-order valence-electron chi connectivity index (χ4n) is 2.66. The molecule has 1 aliphatic heterocycles. The van der Waals surface area contributed by atoms with Crippen LogP contribution in [0, 0.1) is 0 Å². The molecule has 0 fully saturated rings. The van der Waals surface area contributed by atoms with Gasteiger partial charge in [0.05, 0.1) is 13.7 Å². The van der Waals surface area contributed by atoms with Crippen LogP contribution in [0.3, 0.4) is 0 Å². The van der Waals surface area contributed by atoms with Gasteiger partial charge in [-0.3, -0.25) is 4.79 Å². The van der Waals surface area contributed by atoms with Gasteiger partial charge in [0, 0.05) is 17.8 Å². The van der Waals surface area contributed by atoms with Gasteiger partial charge >= 0.3 is 0 Å². The Balaban J connectivity index is 1.80. The van der Waals surface area contributed by atoms with Crippen LogP contribution in [-0.4, -0.2) is 30.4 Å². The van der Waals surface area contributed by atoms with Crippen molar-refractivity contribution >= 4 is 18.1 Å². The maximum atomic E-state index is 12.5. The van der Waals surface area contributed by atoms with Crippen LogP contribution in [0.5, 0.6) is 5.75 Å². The molecule has 0 bridgehead atoms. The monoisotopic (exact) mass is 293 g/mol. The number of methoxy groups -OCH3 is 1. The number of benzene rings is 2. The minimum absolute atomic E-state index is 0.110. The van der Waals surface area contributed by atoms with E-state index in [9.17, 15) is 4.79 Å². The predicted octanol–water partition coefficient (Wildman–Crippen LogP) is 1.80. The smallest absolute Gasteiger partial charge is 0.182 e. The van der Waals surface area contributed by atoms with Gasteiger partial charge in [-0.1, -0.05) is 30.3 Å². The predicted molar refractivity (Wildman–Crippen MR) is 88.1 cm³/mol. The van der Waals surface area contributed by atoms with E-state index < -0.39 is 0 Å². The van der Waals surface area contributed by atoms with Crippen molar-refractivity contribution in [3.63, 3.8) is 0 Å². The normalized spacial score (nSPS) is 16.3. The summed E-state index contributed by atoms with van der Waals surface area (Å²) in [6.07, 6.45) is 4.26. The highest BCUT2D eigenvalue weighted by Crippen LogP contribution is 2.13. The number of carbonyl (C=O) groups is 1. The molecule has 0 N–H and O–H groups in total. The average molecular weight is 293 g/mol. The summed E-state index contributed by atoms with van der Waals surface area (Å²) in [5, 5.41) is 2.38. The van der Waals surface area contributed by atoms with E-state index in [1.165, 1.54) is 5.22 Å². The molecule has 1 aliphatic rings. The Labute approximate surface area is 130 Å². The van der Waals surface area contributed by atoms with Crippen molar-refractivity contribution in [1.82, 2.24) is 4.90 Å². The molecule has 0 spiro atoms. The second-order valence-corrected chi connectivity index (χ2v) is 5.49. The Bertz CT molecular complexity index is 793. The number of ether oxygens (including phenoxy) is 1. The molecule has 0 aromatic heterocycles. The van der Waals surface area contributed by atoms with Crippen LogP contribution >= 0.6 is 0 Å². The van der Waals surface area contributed by atoms with Gasteiger partial charge in [0.15, 0.2) is 5.78 Å². The number of hydrogen-bond acceptors (Lipinski definition) is 3. The number of carbonyl (C=O) groups excluding carboxylic acids is 1. The van der Waals surface area contributed by atoms with E-state index >= 15 is 0 Å². The molecule has 1 unspecified atom stereocenters. The minimum atomic E-state index is 0.110. The minimum Gasteiger partial charge on any atom is -0.497 e. The zero-order chi connectivity index (χ0) is 15.5. The fourth-order valence-corrected chi connectivity index (χ4v) is 2.66. The highest BCUT2D eigenvalue weighted by Gasteiger charge is 2.16. The van der Waals surface area contributed by atoms with Crippen molar-refractivity contribution in [1.29, 1.82) is 0 Å². The molecular formula is C19H19NO2. The fraction of sp³-hybridized carbons (Fsp3) is 0.211. The van der Waals surface area contributed by atoms with Gasteiger partial charge in [-0.2, -0.15) is 0 Å². The van der Waals surface area contributed by atoms with Crippen molar-refractivity contribution < 1.29 is 9.53 Å². The molecule has 112 valence electrons. The van der Waals surface area contributed by atoms with E-state index in [2.05, 4.69) is 36.2 Å². The van der Waals surface area contributed by atoms with Crippen molar-refractivity contribution in [2.24, 2.45) is 0 Å². The molecule has 2 aromatic rings. The Hall–Kier alpha value is -2.55. The van der Waals surface area contributed by atoms with Gasteiger partial charge in [0.25, 0.3) is 0 Å². The van der Waals surface area contributed by atoms with Gasteiger partial charge in [-0.05, 0) is 41.6 Å². The molecule has 3 rings (SSSR count). The Morgan fingerprint density at radius 2 is 1.77 bits per heavy atom. The average Bonchev–Trinajstić information content (AvgIpc) is 2.55. The summed E-state index contributed by atoms with van der Waals surface area (Å²) >= 11 is 0. The maximum Gasteiger partial charge on any atom is 0.182 e. The topological polar surface area (TPSA) is 29.5 Å². The molecule has 3 nitrogen and oxygen atoms in total. The summed E-state index contributed by atoms with van der Waals surface area (Å²) in [4.78, 5) is 14.5. The van der Waals surface area contributed by atoms with E-state index in [0.717, 1.165) is 11.0 Å². The summed E-state index contributed by atoms with van der Waals surface area (Å²) < 4.78 is 5.12. The van der Waals surface area contributed by atoms with E-state index in [1.807, 2.05) is 36.4 Å². The molecule has 3 heteroatoms. The zero-order valence-electron chi connectivity index (χ0n) is 12.8. The Morgan fingerprint density at radius 1 is 1.09 bits per heavy atom. The maximum absolute atomic E-state index is 12.5. The first kappa shape index (κ1) is 14.4. The lowest BCUT2D eigenvalue weighted by molar-refractivity contribution is 0.0956. The lowest BCUT2D eigenvalue weighted by Gasteiger charge is -2.27. The van der Waals surface area contributed by atoms with Crippen LogP contribution < -0.4 is 15.2 Å². The highest BCUT2D eigenvalue weighted by molar-refractivity contribution is 5.98. The standard InChI is InChI=1S/C19H19NO2/c1-14-11-16-5-3-4-6-17(16)12-20(14)13-19(21)15-7-9-18(22-2)10-8-15/h3-12,14H,13H2,1-2H3. The first-order valence-corrected chi connectivity index (χ1v) is 7.39. The third-order valence-electron chi connectivity index (χ3n) is 3.98. The lowest BCUT2D eigenvalue weighted by atomic mass is 10.1. The molecule has 0 amide bonds. The number of rotatable bonds is 4. The summed E-state index contributed by atoms with van der Waals surface area (Å²) in [5.41, 5.74) is 0.709. The lowest BCUT2D eigenvalue weighted by Crippen LogP contribution is -2.42. The molecule has 0 aliphatic carbocycles. The third kappa shape index (κ3) is 2.89. The number of nitrogens with zero attached hydrogens (tertiary/aromatic N) is 1. The van der Waals surface area contributed by atoms with Crippen LogP contribution in [-0.2, 0) is 0 Å². The van der Waals surface area contributed by atoms with Crippen molar-refractivity contribution in [2.75, 3.05) is 13.7 Å². The van der Waals surface area contributed by atoms with Crippen molar-refractivity contribution in [3.8, 4) is 5.75 Å².